The maximum atomic E-state index is 12.1. The number of amides is 1. The minimum absolute atomic E-state index is 0.0287. The SMILES string of the molecule is CC(O)(CNC(=O)C1CC2CCC1O2)c1ccco1. The number of hydrogen-bond acceptors (Lipinski definition) is 4. The summed E-state index contributed by atoms with van der Waals surface area (Å²) in [5.74, 6) is 0.363. The van der Waals surface area contributed by atoms with E-state index in [1.807, 2.05) is 0 Å². The highest BCUT2D eigenvalue weighted by molar-refractivity contribution is 5.79. The van der Waals surface area contributed by atoms with Crippen molar-refractivity contribution in [3.05, 3.63) is 24.2 Å². The molecule has 0 aliphatic carbocycles. The molecule has 2 bridgehead atoms. The van der Waals surface area contributed by atoms with Crippen molar-refractivity contribution >= 4 is 5.91 Å². The Morgan fingerprint density at radius 2 is 2.42 bits per heavy atom. The maximum Gasteiger partial charge on any atom is 0.225 e. The molecule has 0 aromatic carbocycles. The van der Waals surface area contributed by atoms with E-state index in [1.54, 1.807) is 19.1 Å². The first-order chi connectivity index (χ1) is 9.06. The third-order valence-electron chi connectivity index (χ3n) is 4.10. The van der Waals surface area contributed by atoms with E-state index in [0.29, 0.717) is 5.76 Å². The van der Waals surface area contributed by atoms with Gasteiger partial charge in [0.15, 0.2) is 0 Å². The molecule has 1 amide bonds. The van der Waals surface area contributed by atoms with Crippen molar-refractivity contribution in [3.63, 3.8) is 0 Å². The Bertz CT molecular complexity index is 454. The van der Waals surface area contributed by atoms with Gasteiger partial charge >= 0.3 is 0 Å². The summed E-state index contributed by atoms with van der Waals surface area (Å²) in [6.45, 7) is 1.77. The summed E-state index contributed by atoms with van der Waals surface area (Å²) in [5.41, 5.74) is -1.18. The topological polar surface area (TPSA) is 71.7 Å². The standard InChI is InChI=1S/C14H19NO4/c1-14(17,12-3-2-6-18-12)8-15-13(16)10-7-9-4-5-11(10)19-9/h2-3,6,9-11,17H,4-5,7-8H2,1H3,(H,15,16). The number of nitrogens with one attached hydrogen (secondary N) is 1. The van der Waals surface area contributed by atoms with Crippen LogP contribution in [0.2, 0.25) is 0 Å². The molecule has 19 heavy (non-hydrogen) atoms. The zero-order valence-corrected chi connectivity index (χ0v) is 11.0. The average Bonchev–Trinajstić information content (AvgIpc) is 3.10. The lowest BCUT2D eigenvalue weighted by Gasteiger charge is -2.24. The molecule has 4 atom stereocenters. The van der Waals surface area contributed by atoms with E-state index in [2.05, 4.69) is 5.32 Å². The number of fused-ring (bicyclic) bond motifs is 2. The Kier molecular flexibility index (Phi) is 3.11. The Morgan fingerprint density at radius 3 is 3.00 bits per heavy atom. The third kappa shape index (κ3) is 2.40. The highest BCUT2D eigenvalue weighted by Gasteiger charge is 2.44. The summed E-state index contributed by atoms with van der Waals surface area (Å²) in [5, 5.41) is 13.1. The third-order valence-corrected chi connectivity index (χ3v) is 4.10. The molecule has 1 aromatic heterocycles. The molecule has 3 heterocycles. The number of hydrogen-bond donors (Lipinski definition) is 2. The number of furan rings is 1. The molecule has 0 saturated carbocycles. The van der Waals surface area contributed by atoms with Gasteiger partial charge in [-0.1, -0.05) is 0 Å². The quantitative estimate of drug-likeness (QED) is 0.857. The van der Waals surface area contributed by atoms with Gasteiger partial charge in [0.1, 0.15) is 11.4 Å². The molecule has 5 heteroatoms. The predicted octanol–water partition coefficient (Wildman–Crippen LogP) is 1.17. The Morgan fingerprint density at radius 1 is 1.58 bits per heavy atom. The molecule has 3 rings (SSSR count). The fraction of sp³-hybridized carbons (Fsp3) is 0.643. The van der Waals surface area contributed by atoms with Gasteiger partial charge in [-0.2, -0.15) is 0 Å². The molecule has 104 valence electrons. The Balaban J connectivity index is 1.56. The molecular formula is C14H19NO4. The summed E-state index contributed by atoms with van der Waals surface area (Å²) in [4.78, 5) is 12.1. The zero-order valence-electron chi connectivity index (χ0n) is 11.0. The molecule has 0 radical (unpaired) electrons. The normalized spacial score (nSPS) is 32.2. The van der Waals surface area contributed by atoms with E-state index in [-0.39, 0.29) is 30.6 Å². The van der Waals surface area contributed by atoms with Crippen molar-refractivity contribution in [2.24, 2.45) is 5.92 Å². The molecule has 2 saturated heterocycles. The van der Waals surface area contributed by atoms with Crippen LogP contribution in [0.1, 0.15) is 31.9 Å². The fourth-order valence-corrected chi connectivity index (χ4v) is 2.98. The Labute approximate surface area is 111 Å². The van der Waals surface area contributed by atoms with Crippen LogP contribution in [0.15, 0.2) is 22.8 Å². The lowest BCUT2D eigenvalue weighted by Crippen LogP contribution is -2.43. The first kappa shape index (κ1) is 12.7. The van der Waals surface area contributed by atoms with Gasteiger partial charge in [0.2, 0.25) is 5.91 Å². The second kappa shape index (κ2) is 4.65. The number of carbonyl (C=O) groups is 1. The minimum Gasteiger partial charge on any atom is -0.466 e. The van der Waals surface area contributed by atoms with Crippen LogP contribution in [0.3, 0.4) is 0 Å². The first-order valence-corrected chi connectivity index (χ1v) is 6.76. The highest BCUT2D eigenvalue weighted by atomic mass is 16.5. The number of ether oxygens (including phenoxy) is 1. The number of rotatable bonds is 4. The van der Waals surface area contributed by atoms with Crippen molar-refractivity contribution in [1.29, 1.82) is 0 Å². The van der Waals surface area contributed by atoms with Gasteiger partial charge in [0, 0.05) is 0 Å². The molecule has 2 aliphatic rings. The van der Waals surface area contributed by atoms with Crippen LogP contribution in [0.4, 0.5) is 0 Å². The van der Waals surface area contributed by atoms with Crippen molar-refractivity contribution in [2.75, 3.05) is 6.54 Å². The van der Waals surface area contributed by atoms with Crippen LogP contribution in [-0.2, 0) is 15.1 Å². The van der Waals surface area contributed by atoms with Crippen molar-refractivity contribution in [1.82, 2.24) is 5.32 Å². The fourth-order valence-electron chi connectivity index (χ4n) is 2.98. The Hall–Kier alpha value is -1.33. The van der Waals surface area contributed by atoms with Crippen molar-refractivity contribution < 1.29 is 19.1 Å². The van der Waals surface area contributed by atoms with Gasteiger partial charge in [-0.25, -0.2) is 0 Å². The molecular weight excluding hydrogens is 246 g/mol. The lowest BCUT2D eigenvalue weighted by molar-refractivity contribution is -0.127. The highest BCUT2D eigenvalue weighted by Crippen LogP contribution is 2.38. The van der Waals surface area contributed by atoms with E-state index in [1.165, 1.54) is 6.26 Å². The van der Waals surface area contributed by atoms with Crippen LogP contribution in [-0.4, -0.2) is 29.8 Å². The van der Waals surface area contributed by atoms with E-state index >= 15 is 0 Å². The molecule has 2 N–H and O–H groups in total. The van der Waals surface area contributed by atoms with E-state index in [4.69, 9.17) is 9.15 Å². The van der Waals surface area contributed by atoms with E-state index in [9.17, 15) is 9.90 Å². The molecule has 5 nitrogen and oxygen atoms in total. The van der Waals surface area contributed by atoms with Crippen LogP contribution in [0.5, 0.6) is 0 Å². The monoisotopic (exact) mass is 265 g/mol. The number of carbonyl (C=O) groups excluding carboxylic acids is 1. The van der Waals surface area contributed by atoms with Gasteiger partial charge in [-0.15, -0.1) is 0 Å². The second-order valence-corrected chi connectivity index (χ2v) is 5.69. The summed E-state index contributed by atoms with van der Waals surface area (Å²) < 4.78 is 10.8. The zero-order chi connectivity index (χ0) is 13.5. The molecule has 2 aliphatic heterocycles. The molecule has 2 fully saturated rings. The maximum absolute atomic E-state index is 12.1. The summed E-state index contributed by atoms with van der Waals surface area (Å²) >= 11 is 0. The van der Waals surface area contributed by atoms with Gasteiger partial charge in [0.05, 0.1) is 30.9 Å². The second-order valence-electron chi connectivity index (χ2n) is 5.69. The van der Waals surface area contributed by atoms with Gasteiger partial charge < -0.3 is 19.6 Å². The minimum atomic E-state index is -1.18. The van der Waals surface area contributed by atoms with Crippen LogP contribution in [0.25, 0.3) is 0 Å². The summed E-state index contributed by atoms with van der Waals surface area (Å²) in [7, 11) is 0. The average molecular weight is 265 g/mol. The molecule has 0 spiro atoms. The van der Waals surface area contributed by atoms with Crippen molar-refractivity contribution in [3.8, 4) is 0 Å². The largest absolute Gasteiger partial charge is 0.466 e. The van der Waals surface area contributed by atoms with Crippen LogP contribution < -0.4 is 5.32 Å². The lowest BCUT2D eigenvalue weighted by atomic mass is 9.88. The predicted molar refractivity (Wildman–Crippen MR) is 67.3 cm³/mol. The van der Waals surface area contributed by atoms with Crippen LogP contribution >= 0.6 is 0 Å². The van der Waals surface area contributed by atoms with Crippen LogP contribution in [0, 0.1) is 5.92 Å². The van der Waals surface area contributed by atoms with Crippen molar-refractivity contribution in [2.45, 2.75) is 44.0 Å². The first-order valence-electron chi connectivity index (χ1n) is 6.76. The molecule has 1 aromatic rings. The van der Waals surface area contributed by atoms with Gasteiger partial charge in [0.25, 0.3) is 0 Å². The molecule has 4 unspecified atom stereocenters. The van der Waals surface area contributed by atoms with E-state index in [0.717, 1.165) is 19.3 Å². The smallest absolute Gasteiger partial charge is 0.225 e. The summed E-state index contributed by atoms with van der Waals surface area (Å²) in [6, 6.07) is 3.42. The van der Waals surface area contributed by atoms with Gasteiger partial charge in [-0.05, 0) is 38.3 Å². The summed E-state index contributed by atoms with van der Waals surface area (Å²) in [6.07, 6.45) is 4.68. The van der Waals surface area contributed by atoms with Gasteiger partial charge in [-0.3, -0.25) is 4.79 Å². The van der Waals surface area contributed by atoms with E-state index < -0.39 is 5.60 Å². The number of aliphatic hydroxyl groups is 1.